The molecule has 2 heterocycles. The number of nitrogens with one attached hydrogen (secondary N) is 1. The highest BCUT2D eigenvalue weighted by Gasteiger charge is 2.25. The number of nitrogens with zero attached hydrogens (tertiary/aromatic N) is 3. The molecule has 148 valence electrons. The molecule has 11 heteroatoms. The van der Waals surface area contributed by atoms with Crippen molar-refractivity contribution in [2.75, 3.05) is 0 Å². The molecule has 0 unspecified atom stereocenters. The first kappa shape index (κ1) is 19.9. The molecule has 0 aliphatic carbocycles. The molecule has 3 aromatic rings. The highest BCUT2D eigenvalue weighted by atomic mass is 32.2. The summed E-state index contributed by atoms with van der Waals surface area (Å²) in [5.41, 5.74) is 0.431. The first-order valence-corrected chi connectivity index (χ1v) is 9.65. The van der Waals surface area contributed by atoms with E-state index in [2.05, 4.69) is 9.97 Å². The van der Waals surface area contributed by atoms with Crippen LogP contribution in [0.1, 0.15) is 17.5 Å². The minimum Gasteiger partial charge on any atom is -0.432 e. The van der Waals surface area contributed by atoms with Crippen molar-refractivity contribution < 1.29 is 22.9 Å². The Balaban J connectivity index is 1.80. The number of non-ortho nitro benzene ring substituents is 1. The second-order valence-corrected chi connectivity index (χ2v) is 7.33. The van der Waals surface area contributed by atoms with Crippen LogP contribution in [0.2, 0.25) is 0 Å². The van der Waals surface area contributed by atoms with Gasteiger partial charge in [-0.15, -0.1) is 0 Å². The number of sulfonamides is 1. The maximum atomic E-state index is 12.4. The second-order valence-electron chi connectivity index (χ2n) is 5.65. The summed E-state index contributed by atoms with van der Waals surface area (Å²) in [5, 5.41) is 10.7. The van der Waals surface area contributed by atoms with E-state index in [1.54, 1.807) is 41.1 Å². The number of rotatable bonds is 6. The standard InChI is InChI=1S/C18H14N4O6S/c23-18(21-29(26,27)14-9-7-13(8-10-14)22(24)25)28-17(15-5-1-3-11-19-15)16-6-2-4-12-20-16/h1-12,17H,(H,21,23). The van der Waals surface area contributed by atoms with Crippen LogP contribution in [0.4, 0.5) is 10.5 Å². The van der Waals surface area contributed by atoms with Crippen LogP contribution >= 0.6 is 0 Å². The third-order valence-electron chi connectivity index (χ3n) is 3.71. The van der Waals surface area contributed by atoms with E-state index in [1.807, 2.05) is 0 Å². The number of aromatic nitrogens is 2. The third kappa shape index (κ3) is 4.90. The summed E-state index contributed by atoms with van der Waals surface area (Å²) in [6.07, 6.45) is 0.717. The van der Waals surface area contributed by atoms with Gasteiger partial charge in [0.05, 0.1) is 21.2 Å². The zero-order valence-corrected chi connectivity index (χ0v) is 15.5. The lowest BCUT2D eigenvalue weighted by atomic mass is 10.1. The van der Waals surface area contributed by atoms with Gasteiger partial charge < -0.3 is 4.74 Å². The van der Waals surface area contributed by atoms with Crippen LogP contribution in [0.5, 0.6) is 0 Å². The molecule has 0 saturated heterocycles. The van der Waals surface area contributed by atoms with Gasteiger partial charge in [0.15, 0.2) is 6.10 Å². The van der Waals surface area contributed by atoms with Gasteiger partial charge in [-0.1, -0.05) is 12.1 Å². The number of carbonyl (C=O) groups is 1. The van der Waals surface area contributed by atoms with E-state index < -0.39 is 27.1 Å². The lowest BCUT2D eigenvalue weighted by molar-refractivity contribution is -0.384. The third-order valence-corrected chi connectivity index (χ3v) is 5.04. The van der Waals surface area contributed by atoms with Crippen LogP contribution in [-0.2, 0) is 14.8 Å². The fourth-order valence-corrected chi connectivity index (χ4v) is 3.26. The Morgan fingerprint density at radius 1 is 0.966 bits per heavy atom. The summed E-state index contributed by atoms with van der Waals surface area (Å²) < 4.78 is 31.8. The average molecular weight is 414 g/mol. The van der Waals surface area contributed by atoms with Crippen molar-refractivity contribution >= 4 is 21.8 Å². The zero-order chi connectivity index (χ0) is 20.9. The molecule has 2 aromatic heterocycles. The Hall–Kier alpha value is -3.86. The van der Waals surface area contributed by atoms with E-state index in [-0.39, 0.29) is 10.6 Å². The summed E-state index contributed by atoms with van der Waals surface area (Å²) in [4.78, 5) is 30.2. The summed E-state index contributed by atoms with van der Waals surface area (Å²) in [7, 11) is -4.30. The minimum absolute atomic E-state index is 0.281. The van der Waals surface area contributed by atoms with Gasteiger partial charge in [0.1, 0.15) is 0 Å². The first-order valence-electron chi connectivity index (χ1n) is 8.16. The van der Waals surface area contributed by atoms with Crippen molar-refractivity contribution in [1.82, 2.24) is 14.7 Å². The molecule has 0 bridgehead atoms. The molecule has 3 rings (SSSR count). The van der Waals surface area contributed by atoms with Gasteiger partial charge in [-0.25, -0.2) is 17.9 Å². The molecule has 29 heavy (non-hydrogen) atoms. The number of carbonyl (C=O) groups excluding carboxylic acids is 1. The highest BCUT2D eigenvalue weighted by Crippen LogP contribution is 2.23. The minimum atomic E-state index is -4.30. The average Bonchev–Trinajstić information content (AvgIpc) is 2.73. The molecule has 0 saturated carbocycles. The molecule has 0 aliphatic heterocycles. The van der Waals surface area contributed by atoms with Gasteiger partial charge in [-0.05, 0) is 36.4 Å². The number of hydrogen-bond acceptors (Lipinski definition) is 8. The van der Waals surface area contributed by atoms with Gasteiger partial charge in [-0.3, -0.25) is 20.1 Å². The monoisotopic (exact) mass is 414 g/mol. The van der Waals surface area contributed by atoms with Crippen LogP contribution in [-0.4, -0.2) is 29.4 Å². The normalized spacial score (nSPS) is 11.1. The number of hydrogen-bond donors (Lipinski definition) is 1. The number of nitro groups is 1. The quantitative estimate of drug-likeness (QED) is 0.479. The topological polar surface area (TPSA) is 141 Å². The Labute approximate surface area is 165 Å². The molecule has 0 atom stereocenters. The maximum Gasteiger partial charge on any atom is 0.422 e. The molecule has 0 spiro atoms. The van der Waals surface area contributed by atoms with Crippen LogP contribution in [0.15, 0.2) is 78.0 Å². The smallest absolute Gasteiger partial charge is 0.422 e. The predicted octanol–water partition coefficient (Wildman–Crippen LogP) is 2.59. The van der Waals surface area contributed by atoms with Crippen molar-refractivity contribution in [1.29, 1.82) is 0 Å². The Morgan fingerprint density at radius 2 is 1.52 bits per heavy atom. The van der Waals surface area contributed by atoms with Crippen LogP contribution in [0.25, 0.3) is 0 Å². The van der Waals surface area contributed by atoms with Gasteiger partial charge in [0.25, 0.3) is 15.7 Å². The predicted molar refractivity (Wildman–Crippen MR) is 100 cm³/mol. The zero-order valence-electron chi connectivity index (χ0n) is 14.7. The highest BCUT2D eigenvalue weighted by molar-refractivity contribution is 7.90. The number of amides is 1. The summed E-state index contributed by atoms with van der Waals surface area (Å²) in [5.74, 6) is 0. The first-order chi connectivity index (χ1) is 13.9. The van der Waals surface area contributed by atoms with E-state index in [0.29, 0.717) is 11.4 Å². The van der Waals surface area contributed by atoms with Gasteiger partial charge >= 0.3 is 6.09 Å². The van der Waals surface area contributed by atoms with Crippen molar-refractivity contribution in [2.24, 2.45) is 0 Å². The maximum absolute atomic E-state index is 12.4. The van der Waals surface area contributed by atoms with Gasteiger partial charge in [0, 0.05) is 24.5 Å². The summed E-state index contributed by atoms with van der Waals surface area (Å²) in [6.45, 7) is 0. The summed E-state index contributed by atoms with van der Waals surface area (Å²) in [6, 6.07) is 14.0. The molecule has 1 amide bonds. The SMILES string of the molecule is O=C(NS(=O)(=O)c1ccc([N+](=O)[O-])cc1)OC(c1ccccn1)c1ccccn1. The van der Waals surface area contributed by atoms with Gasteiger partial charge in [0.2, 0.25) is 0 Å². The Bertz CT molecular complexity index is 1070. The number of ether oxygens (including phenoxy) is 1. The molecule has 0 fully saturated rings. The molecular weight excluding hydrogens is 400 g/mol. The van der Waals surface area contributed by atoms with Crippen molar-refractivity contribution in [3.8, 4) is 0 Å². The van der Waals surface area contributed by atoms with Crippen molar-refractivity contribution in [3.05, 3.63) is 94.6 Å². The van der Waals surface area contributed by atoms with Crippen LogP contribution in [0.3, 0.4) is 0 Å². The van der Waals surface area contributed by atoms with Gasteiger partial charge in [-0.2, -0.15) is 0 Å². The van der Waals surface area contributed by atoms with Crippen LogP contribution in [0, 0.1) is 10.1 Å². The number of benzene rings is 1. The molecule has 0 radical (unpaired) electrons. The fourth-order valence-electron chi connectivity index (χ4n) is 2.38. The lowest BCUT2D eigenvalue weighted by Gasteiger charge is -2.17. The van der Waals surface area contributed by atoms with E-state index in [0.717, 1.165) is 24.3 Å². The largest absolute Gasteiger partial charge is 0.432 e. The van der Waals surface area contributed by atoms with E-state index in [1.165, 1.54) is 12.4 Å². The van der Waals surface area contributed by atoms with E-state index >= 15 is 0 Å². The second kappa shape index (κ2) is 8.44. The molecule has 1 aromatic carbocycles. The molecule has 0 aliphatic rings. The molecule has 10 nitrogen and oxygen atoms in total. The van der Waals surface area contributed by atoms with Crippen LogP contribution < -0.4 is 4.72 Å². The Kier molecular flexibility index (Phi) is 5.79. The Morgan fingerprint density at radius 3 is 1.97 bits per heavy atom. The van der Waals surface area contributed by atoms with E-state index in [4.69, 9.17) is 4.74 Å². The number of pyridine rings is 2. The van der Waals surface area contributed by atoms with Crippen molar-refractivity contribution in [2.45, 2.75) is 11.0 Å². The van der Waals surface area contributed by atoms with E-state index in [9.17, 15) is 23.3 Å². The fraction of sp³-hybridized carbons (Fsp3) is 0.0556. The lowest BCUT2D eigenvalue weighted by Crippen LogP contribution is -2.32. The number of nitro benzene ring substituents is 1. The molecule has 1 N–H and O–H groups in total. The van der Waals surface area contributed by atoms with Crippen molar-refractivity contribution in [3.63, 3.8) is 0 Å². The summed E-state index contributed by atoms with van der Waals surface area (Å²) >= 11 is 0. The molecular formula is C18H14N4O6S.